The maximum Gasteiger partial charge on any atom is 0.303 e. The van der Waals surface area contributed by atoms with Crippen LogP contribution in [-0.2, 0) is 9.59 Å². The SMILES string of the molecule is CCCC=CCCC=CCCC=CCCC=CCCC(=O)O.CCCCCC=CCC=CCC=CCC=CCCCC(=O)O. The van der Waals surface area contributed by atoms with Crippen molar-refractivity contribution in [2.75, 3.05) is 0 Å². The molecule has 0 saturated heterocycles. The number of carboxylic acid groups (broad SMARTS) is 2. The Bertz CT molecular complexity index is 868. The van der Waals surface area contributed by atoms with Crippen LogP contribution in [-0.4, -0.2) is 22.2 Å². The molecule has 0 radical (unpaired) electrons. The number of allylic oxidation sites excluding steroid dienone is 16. The fraction of sp³-hybridized carbons (Fsp3) is 0.550. The highest BCUT2D eigenvalue weighted by molar-refractivity contribution is 5.67. The van der Waals surface area contributed by atoms with Crippen LogP contribution >= 0.6 is 0 Å². The van der Waals surface area contributed by atoms with Crippen molar-refractivity contribution >= 4 is 11.9 Å². The summed E-state index contributed by atoms with van der Waals surface area (Å²) in [6, 6.07) is 0. The molecule has 0 atom stereocenters. The lowest BCUT2D eigenvalue weighted by Gasteiger charge is -1.90. The van der Waals surface area contributed by atoms with Crippen molar-refractivity contribution in [1.29, 1.82) is 0 Å². The number of carboxylic acids is 2. The summed E-state index contributed by atoms with van der Waals surface area (Å²) in [5.74, 6) is -1.44. The molecule has 0 aromatic heterocycles. The Kier molecular flexibility index (Phi) is 38.9. The van der Waals surface area contributed by atoms with Crippen LogP contribution in [0.2, 0.25) is 0 Å². The van der Waals surface area contributed by atoms with E-state index in [2.05, 4.69) is 105 Å². The normalized spacial score (nSPS) is 12.4. The number of hydrogen-bond acceptors (Lipinski definition) is 2. The Morgan fingerprint density at radius 3 is 1.09 bits per heavy atom. The molecular formula is C40H64O4. The van der Waals surface area contributed by atoms with Gasteiger partial charge in [-0.05, 0) is 96.3 Å². The van der Waals surface area contributed by atoms with E-state index in [1.165, 1.54) is 38.5 Å². The minimum atomic E-state index is -0.727. The zero-order valence-corrected chi connectivity index (χ0v) is 28.1. The summed E-state index contributed by atoms with van der Waals surface area (Å²) in [5.41, 5.74) is 0. The van der Waals surface area contributed by atoms with Gasteiger partial charge in [0.2, 0.25) is 0 Å². The summed E-state index contributed by atoms with van der Waals surface area (Å²) in [4.78, 5) is 20.6. The van der Waals surface area contributed by atoms with Gasteiger partial charge in [0.25, 0.3) is 0 Å². The molecule has 0 aliphatic heterocycles. The van der Waals surface area contributed by atoms with Crippen LogP contribution in [0.25, 0.3) is 0 Å². The molecule has 0 rings (SSSR count). The molecule has 0 aromatic rings. The van der Waals surface area contributed by atoms with E-state index in [-0.39, 0.29) is 12.8 Å². The number of unbranched alkanes of at least 4 members (excludes halogenated alkanes) is 8. The van der Waals surface area contributed by atoms with Crippen LogP contribution in [0.1, 0.15) is 142 Å². The van der Waals surface area contributed by atoms with Crippen LogP contribution in [0.4, 0.5) is 0 Å². The molecule has 4 heteroatoms. The average Bonchev–Trinajstić information content (AvgIpc) is 3.00. The maximum absolute atomic E-state index is 10.3. The smallest absolute Gasteiger partial charge is 0.303 e. The summed E-state index contributed by atoms with van der Waals surface area (Å²) >= 11 is 0. The summed E-state index contributed by atoms with van der Waals surface area (Å²) in [6.07, 6.45) is 54.7. The van der Waals surface area contributed by atoms with E-state index in [0.717, 1.165) is 70.6 Å². The summed E-state index contributed by atoms with van der Waals surface area (Å²) < 4.78 is 0. The third-order valence-corrected chi connectivity index (χ3v) is 6.37. The van der Waals surface area contributed by atoms with Crippen molar-refractivity contribution in [3.05, 3.63) is 97.2 Å². The molecule has 0 aliphatic rings. The van der Waals surface area contributed by atoms with Crippen molar-refractivity contribution in [1.82, 2.24) is 0 Å². The van der Waals surface area contributed by atoms with E-state index in [1.807, 2.05) is 6.08 Å². The fourth-order valence-corrected chi connectivity index (χ4v) is 3.83. The molecule has 248 valence electrons. The highest BCUT2D eigenvalue weighted by Crippen LogP contribution is 2.03. The van der Waals surface area contributed by atoms with Gasteiger partial charge in [-0.25, -0.2) is 0 Å². The van der Waals surface area contributed by atoms with Crippen LogP contribution in [0.15, 0.2) is 97.2 Å². The third kappa shape index (κ3) is 45.8. The minimum absolute atomic E-state index is 0.229. The van der Waals surface area contributed by atoms with E-state index < -0.39 is 11.9 Å². The summed E-state index contributed by atoms with van der Waals surface area (Å²) in [6.45, 7) is 4.43. The largest absolute Gasteiger partial charge is 0.481 e. The van der Waals surface area contributed by atoms with Crippen LogP contribution in [0.5, 0.6) is 0 Å². The molecule has 0 amide bonds. The van der Waals surface area contributed by atoms with E-state index in [9.17, 15) is 9.59 Å². The Morgan fingerprint density at radius 1 is 0.364 bits per heavy atom. The van der Waals surface area contributed by atoms with Gasteiger partial charge in [-0.2, -0.15) is 0 Å². The van der Waals surface area contributed by atoms with Gasteiger partial charge in [0.05, 0.1) is 0 Å². The molecule has 0 spiro atoms. The number of carbonyl (C=O) groups is 2. The second-order valence-corrected chi connectivity index (χ2v) is 10.7. The van der Waals surface area contributed by atoms with E-state index >= 15 is 0 Å². The van der Waals surface area contributed by atoms with Crippen molar-refractivity contribution in [2.24, 2.45) is 0 Å². The molecule has 0 fully saturated rings. The van der Waals surface area contributed by atoms with Gasteiger partial charge >= 0.3 is 11.9 Å². The lowest BCUT2D eigenvalue weighted by molar-refractivity contribution is -0.138. The Labute approximate surface area is 270 Å². The average molecular weight is 609 g/mol. The van der Waals surface area contributed by atoms with Crippen molar-refractivity contribution in [2.45, 2.75) is 142 Å². The number of rotatable bonds is 28. The lowest BCUT2D eigenvalue weighted by Crippen LogP contribution is -1.92. The molecule has 0 aliphatic carbocycles. The van der Waals surface area contributed by atoms with Gasteiger partial charge < -0.3 is 10.2 Å². The van der Waals surface area contributed by atoms with Gasteiger partial charge in [0.15, 0.2) is 0 Å². The Morgan fingerprint density at radius 2 is 0.705 bits per heavy atom. The number of hydrogen-bond donors (Lipinski definition) is 2. The second kappa shape index (κ2) is 39.9. The van der Waals surface area contributed by atoms with Crippen molar-refractivity contribution in [3.8, 4) is 0 Å². The molecule has 0 heterocycles. The lowest BCUT2D eigenvalue weighted by atomic mass is 10.2. The summed E-state index contributed by atoms with van der Waals surface area (Å²) in [7, 11) is 0. The van der Waals surface area contributed by atoms with Gasteiger partial charge in [-0.3, -0.25) is 9.59 Å². The van der Waals surface area contributed by atoms with Gasteiger partial charge in [0, 0.05) is 12.8 Å². The first kappa shape index (κ1) is 43.0. The van der Waals surface area contributed by atoms with Crippen molar-refractivity contribution < 1.29 is 19.8 Å². The fourth-order valence-electron chi connectivity index (χ4n) is 3.83. The topological polar surface area (TPSA) is 74.6 Å². The molecule has 0 bridgehead atoms. The second-order valence-electron chi connectivity index (χ2n) is 10.7. The Balaban J connectivity index is 0. The standard InChI is InChI=1S/2C20H32O2/c2*1-2-3-4-5-6-7-8-9-10-11-12-13-14-15-16-17-18-19-20(21)22/h6-7,9-10,12-13,15-16H,2-5,8,11,14,17-19H2,1H3,(H,21,22);4-5,8-9,12-13,16-17H,2-3,6-7,10-11,14-15,18-19H2,1H3,(H,21,22). The zero-order chi connectivity index (χ0) is 32.6. The van der Waals surface area contributed by atoms with E-state index in [1.54, 1.807) is 0 Å². The van der Waals surface area contributed by atoms with E-state index in [4.69, 9.17) is 10.2 Å². The highest BCUT2D eigenvalue weighted by atomic mass is 16.4. The zero-order valence-electron chi connectivity index (χ0n) is 28.1. The Hall–Kier alpha value is -3.14. The molecule has 0 unspecified atom stereocenters. The van der Waals surface area contributed by atoms with Gasteiger partial charge in [0.1, 0.15) is 0 Å². The van der Waals surface area contributed by atoms with Crippen LogP contribution < -0.4 is 0 Å². The maximum atomic E-state index is 10.3. The predicted molar refractivity (Wildman–Crippen MR) is 192 cm³/mol. The quantitative estimate of drug-likeness (QED) is 0.0684. The molecule has 4 nitrogen and oxygen atoms in total. The molecular weight excluding hydrogens is 544 g/mol. The first-order valence-electron chi connectivity index (χ1n) is 17.2. The molecule has 0 aromatic carbocycles. The van der Waals surface area contributed by atoms with Crippen LogP contribution in [0, 0.1) is 0 Å². The predicted octanol–water partition coefficient (Wildman–Crippen LogP) is 12.4. The third-order valence-electron chi connectivity index (χ3n) is 6.37. The van der Waals surface area contributed by atoms with Gasteiger partial charge in [-0.15, -0.1) is 0 Å². The van der Waals surface area contributed by atoms with Crippen LogP contribution in [0.3, 0.4) is 0 Å². The summed E-state index contributed by atoms with van der Waals surface area (Å²) in [5, 5.41) is 17.0. The van der Waals surface area contributed by atoms with Crippen molar-refractivity contribution in [3.63, 3.8) is 0 Å². The highest BCUT2D eigenvalue weighted by Gasteiger charge is 1.93. The number of aliphatic carboxylic acids is 2. The minimum Gasteiger partial charge on any atom is -0.481 e. The molecule has 0 saturated carbocycles. The molecule has 2 N–H and O–H groups in total. The molecule has 44 heavy (non-hydrogen) atoms. The van der Waals surface area contributed by atoms with Gasteiger partial charge in [-0.1, -0.05) is 130 Å². The van der Waals surface area contributed by atoms with E-state index in [0.29, 0.717) is 6.42 Å². The monoisotopic (exact) mass is 608 g/mol. The first-order chi connectivity index (χ1) is 21.5. The first-order valence-corrected chi connectivity index (χ1v) is 17.2.